The summed E-state index contributed by atoms with van der Waals surface area (Å²) >= 11 is 3.43. The third-order valence-electron chi connectivity index (χ3n) is 2.55. The van der Waals surface area contributed by atoms with Crippen LogP contribution in [-0.2, 0) is 11.2 Å². The number of hydrogen-bond acceptors (Lipinski definition) is 2. The van der Waals surface area contributed by atoms with Crippen LogP contribution >= 0.6 is 15.9 Å². The molecule has 1 unspecified atom stereocenters. The molecule has 0 radical (unpaired) electrons. The van der Waals surface area contributed by atoms with Crippen LogP contribution in [0.4, 0.5) is 0 Å². The second kappa shape index (κ2) is 6.77. The van der Waals surface area contributed by atoms with Gasteiger partial charge in [0.1, 0.15) is 0 Å². The number of amides is 1. The Morgan fingerprint density at radius 2 is 2.24 bits per heavy atom. The maximum Gasteiger partial charge on any atom is 0.223 e. The predicted molar refractivity (Wildman–Crippen MR) is 73.7 cm³/mol. The molecule has 94 valence electrons. The van der Waals surface area contributed by atoms with Gasteiger partial charge in [0.05, 0.1) is 0 Å². The third kappa shape index (κ3) is 5.33. The lowest BCUT2D eigenvalue weighted by molar-refractivity contribution is -0.130. The molecule has 0 saturated carbocycles. The van der Waals surface area contributed by atoms with E-state index in [-0.39, 0.29) is 11.9 Å². The summed E-state index contributed by atoms with van der Waals surface area (Å²) in [6.07, 6.45) is 1.27. The van der Waals surface area contributed by atoms with E-state index in [1.165, 1.54) is 5.56 Å². The Morgan fingerprint density at radius 1 is 1.53 bits per heavy atom. The fraction of sp³-hybridized carbons (Fsp3) is 0.462. The minimum atomic E-state index is -0.0733. The lowest BCUT2D eigenvalue weighted by atomic mass is 10.1. The number of halogens is 1. The van der Waals surface area contributed by atoms with Gasteiger partial charge in [-0.1, -0.05) is 28.1 Å². The Kier molecular flexibility index (Phi) is 5.65. The van der Waals surface area contributed by atoms with Gasteiger partial charge in [-0.15, -0.1) is 0 Å². The van der Waals surface area contributed by atoms with Gasteiger partial charge in [-0.2, -0.15) is 0 Å². The van der Waals surface area contributed by atoms with Gasteiger partial charge in [-0.3, -0.25) is 4.79 Å². The smallest absolute Gasteiger partial charge is 0.223 e. The van der Waals surface area contributed by atoms with Gasteiger partial charge in [-0.05, 0) is 31.0 Å². The number of benzene rings is 1. The van der Waals surface area contributed by atoms with Crippen LogP contribution in [0.5, 0.6) is 0 Å². The predicted octanol–water partition coefficient (Wildman–Crippen LogP) is 2.19. The molecule has 0 aliphatic rings. The van der Waals surface area contributed by atoms with Crippen LogP contribution in [0, 0.1) is 0 Å². The molecular formula is C13H19BrN2O. The first kappa shape index (κ1) is 14.2. The summed E-state index contributed by atoms with van der Waals surface area (Å²) in [6, 6.07) is 8.06. The maximum atomic E-state index is 11.7. The second-order valence-corrected chi connectivity index (χ2v) is 5.29. The molecule has 0 aliphatic carbocycles. The molecule has 3 nitrogen and oxygen atoms in total. The van der Waals surface area contributed by atoms with Gasteiger partial charge in [0, 0.05) is 30.5 Å². The van der Waals surface area contributed by atoms with Crippen molar-refractivity contribution in [3.05, 3.63) is 34.3 Å². The van der Waals surface area contributed by atoms with Gasteiger partial charge in [-0.25, -0.2) is 0 Å². The van der Waals surface area contributed by atoms with Gasteiger partial charge in [0.25, 0.3) is 0 Å². The maximum absolute atomic E-state index is 11.7. The molecule has 1 amide bonds. The molecule has 0 aromatic heterocycles. The lowest BCUT2D eigenvalue weighted by Crippen LogP contribution is -2.33. The zero-order chi connectivity index (χ0) is 12.8. The summed E-state index contributed by atoms with van der Waals surface area (Å²) < 4.78 is 1.07. The first-order valence-corrected chi connectivity index (χ1v) is 6.52. The molecule has 0 saturated heterocycles. The first-order valence-electron chi connectivity index (χ1n) is 5.73. The van der Waals surface area contributed by atoms with E-state index in [2.05, 4.69) is 28.1 Å². The van der Waals surface area contributed by atoms with E-state index in [0.717, 1.165) is 17.4 Å². The Bertz CT molecular complexity index is 379. The van der Waals surface area contributed by atoms with Crippen LogP contribution in [-0.4, -0.2) is 30.4 Å². The lowest BCUT2D eigenvalue weighted by Gasteiger charge is -2.18. The van der Waals surface area contributed by atoms with Crippen molar-refractivity contribution in [2.24, 2.45) is 5.73 Å². The fourth-order valence-corrected chi connectivity index (χ4v) is 1.99. The highest BCUT2D eigenvalue weighted by atomic mass is 79.9. The number of nitrogens with zero attached hydrogens (tertiary/aromatic N) is 1. The van der Waals surface area contributed by atoms with Crippen molar-refractivity contribution in [3.8, 4) is 0 Å². The number of hydrogen-bond donors (Lipinski definition) is 1. The van der Waals surface area contributed by atoms with E-state index in [1.807, 2.05) is 26.1 Å². The summed E-state index contributed by atoms with van der Waals surface area (Å²) in [7, 11) is 1.82. The SMILES string of the molecule is CC(N)CC(=O)N(C)CCc1cccc(Br)c1. The summed E-state index contributed by atoms with van der Waals surface area (Å²) in [5.74, 6) is 0.106. The number of carbonyl (C=O) groups excluding carboxylic acids is 1. The molecule has 2 N–H and O–H groups in total. The Labute approximate surface area is 111 Å². The molecule has 0 bridgehead atoms. The largest absolute Gasteiger partial charge is 0.345 e. The zero-order valence-electron chi connectivity index (χ0n) is 10.3. The molecule has 0 heterocycles. The fourth-order valence-electron chi connectivity index (χ4n) is 1.55. The van der Waals surface area contributed by atoms with Crippen LogP contribution in [0.3, 0.4) is 0 Å². The van der Waals surface area contributed by atoms with E-state index in [4.69, 9.17) is 5.73 Å². The van der Waals surface area contributed by atoms with Crippen molar-refractivity contribution in [2.45, 2.75) is 25.8 Å². The molecule has 4 heteroatoms. The second-order valence-electron chi connectivity index (χ2n) is 4.38. The zero-order valence-corrected chi connectivity index (χ0v) is 11.9. The monoisotopic (exact) mass is 298 g/mol. The van der Waals surface area contributed by atoms with E-state index in [1.54, 1.807) is 4.90 Å². The van der Waals surface area contributed by atoms with E-state index < -0.39 is 0 Å². The minimum Gasteiger partial charge on any atom is -0.345 e. The van der Waals surface area contributed by atoms with E-state index >= 15 is 0 Å². The van der Waals surface area contributed by atoms with Gasteiger partial charge in [0.15, 0.2) is 0 Å². The van der Waals surface area contributed by atoms with Crippen LogP contribution < -0.4 is 5.73 Å². The van der Waals surface area contributed by atoms with Crippen LogP contribution in [0.2, 0.25) is 0 Å². The average Bonchev–Trinajstić information content (AvgIpc) is 2.25. The molecule has 17 heavy (non-hydrogen) atoms. The average molecular weight is 299 g/mol. The van der Waals surface area contributed by atoms with Crippen LogP contribution in [0.1, 0.15) is 18.9 Å². The van der Waals surface area contributed by atoms with Crippen molar-refractivity contribution in [1.82, 2.24) is 4.90 Å². The highest BCUT2D eigenvalue weighted by Crippen LogP contribution is 2.12. The van der Waals surface area contributed by atoms with Crippen molar-refractivity contribution in [1.29, 1.82) is 0 Å². The number of nitrogens with two attached hydrogens (primary N) is 1. The van der Waals surface area contributed by atoms with Crippen LogP contribution in [0.25, 0.3) is 0 Å². The molecule has 1 rings (SSSR count). The molecule has 1 atom stereocenters. The highest BCUT2D eigenvalue weighted by molar-refractivity contribution is 9.10. The summed E-state index contributed by atoms with van der Waals surface area (Å²) in [5, 5.41) is 0. The standard InChI is InChI=1S/C13H19BrN2O/c1-10(15)8-13(17)16(2)7-6-11-4-3-5-12(14)9-11/h3-5,9-10H,6-8,15H2,1-2H3. The van der Waals surface area contributed by atoms with Crippen molar-refractivity contribution < 1.29 is 4.79 Å². The number of carbonyl (C=O) groups is 1. The quantitative estimate of drug-likeness (QED) is 0.906. The summed E-state index contributed by atoms with van der Waals surface area (Å²) in [4.78, 5) is 13.4. The summed E-state index contributed by atoms with van der Waals surface area (Å²) in [5.41, 5.74) is 6.83. The number of likely N-dealkylation sites (N-methyl/N-ethyl adjacent to an activating group) is 1. The third-order valence-corrected chi connectivity index (χ3v) is 3.04. The van der Waals surface area contributed by atoms with Gasteiger partial charge >= 0.3 is 0 Å². The van der Waals surface area contributed by atoms with Crippen molar-refractivity contribution in [2.75, 3.05) is 13.6 Å². The molecular weight excluding hydrogens is 280 g/mol. The topological polar surface area (TPSA) is 46.3 Å². The normalized spacial score (nSPS) is 12.2. The molecule has 0 fully saturated rings. The number of rotatable bonds is 5. The van der Waals surface area contributed by atoms with Crippen molar-refractivity contribution in [3.63, 3.8) is 0 Å². The Morgan fingerprint density at radius 3 is 2.82 bits per heavy atom. The highest BCUT2D eigenvalue weighted by Gasteiger charge is 2.10. The Balaban J connectivity index is 2.42. The summed E-state index contributed by atoms with van der Waals surface area (Å²) in [6.45, 7) is 2.57. The molecule has 0 aliphatic heterocycles. The molecule has 1 aromatic carbocycles. The van der Waals surface area contributed by atoms with Gasteiger partial charge in [0.2, 0.25) is 5.91 Å². The van der Waals surface area contributed by atoms with E-state index in [9.17, 15) is 4.79 Å². The van der Waals surface area contributed by atoms with Crippen LogP contribution in [0.15, 0.2) is 28.7 Å². The first-order chi connectivity index (χ1) is 7.99. The van der Waals surface area contributed by atoms with E-state index in [0.29, 0.717) is 6.42 Å². The molecule has 1 aromatic rings. The molecule has 0 spiro atoms. The van der Waals surface area contributed by atoms with Crippen molar-refractivity contribution >= 4 is 21.8 Å². The van der Waals surface area contributed by atoms with Gasteiger partial charge < -0.3 is 10.6 Å². The minimum absolute atomic E-state index is 0.0733. The Hall–Kier alpha value is -0.870.